The van der Waals surface area contributed by atoms with E-state index in [0.717, 1.165) is 16.0 Å². The molecule has 1 amide bonds. The Labute approximate surface area is 165 Å². The molecular formula is C23H17NO3S. The highest BCUT2D eigenvalue weighted by Gasteiger charge is 2.43. The van der Waals surface area contributed by atoms with E-state index in [1.165, 1.54) is 0 Å². The molecular weight excluding hydrogens is 370 g/mol. The summed E-state index contributed by atoms with van der Waals surface area (Å²) < 4.78 is 5.93. The van der Waals surface area contributed by atoms with Crippen LogP contribution in [0.1, 0.15) is 38.2 Å². The number of thiophene rings is 1. The first-order chi connectivity index (χ1) is 13.6. The second kappa shape index (κ2) is 6.46. The molecule has 0 bridgehead atoms. The molecule has 5 rings (SSSR count). The van der Waals surface area contributed by atoms with E-state index in [-0.39, 0.29) is 17.1 Å². The number of carbonyl (C=O) groups is 1. The van der Waals surface area contributed by atoms with E-state index in [2.05, 4.69) is 0 Å². The van der Waals surface area contributed by atoms with Crippen LogP contribution in [0, 0.1) is 6.92 Å². The lowest BCUT2D eigenvalue weighted by atomic mass is 10.0. The summed E-state index contributed by atoms with van der Waals surface area (Å²) >= 11 is 1.54. The van der Waals surface area contributed by atoms with Crippen LogP contribution in [0.2, 0.25) is 0 Å². The van der Waals surface area contributed by atoms with Crippen molar-refractivity contribution in [3.63, 3.8) is 0 Å². The Morgan fingerprint density at radius 3 is 2.54 bits per heavy atom. The molecule has 4 aromatic rings. The molecule has 0 spiro atoms. The first-order valence-electron chi connectivity index (χ1n) is 9.09. The molecule has 0 unspecified atom stereocenters. The second-order valence-corrected chi connectivity index (χ2v) is 7.99. The number of nitrogens with zero attached hydrogens (tertiary/aromatic N) is 1. The van der Waals surface area contributed by atoms with Gasteiger partial charge >= 0.3 is 0 Å². The summed E-state index contributed by atoms with van der Waals surface area (Å²) in [7, 11) is 0. The lowest BCUT2D eigenvalue weighted by molar-refractivity contribution is 0.0716. The summed E-state index contributed by atoms with van der Waals surface area (Å²) in [5, 5.41) is 2.47. The lowest BCUT2D eigenvalue weighted by Crippen LogP contribution is -2.28. The van der Waals surface area contributed by atoms with Gasteiger partial charge in [0.15, 0.2) is 5.43 Å². The van der Waals surface area contributed by atoms with E-state index >= 15 is 0 Å². The molecule has 0 saturated heterocycles. The highest BCUT2D eigenvalue weighted by Crippen LogP contribution is 2.40. The molecule has 4 nitrogen and oxygen atoms in total. The topological polar surface area (TPSA) is 50.5 Å². The van der Waals surface area contributed by atoms with E-state index < -0.39 is 6.04 Å². The summed E-state index contributed by atoms with van der Waals surface area (Å²) in [6, 6.07) is 18.7. The number of hydrogen-bond donors (Lipinski definition) is 0. The Morgan fingerprint density at radius 2 is 1.79 bits per heavy atom. The molecule has 28 heavy (non-hydrogen) atoms. The molecule has 3 heterocycles. The molecule has 1 aliphatic heterocycles. The van der Waals surface area contributed by atoms with Crippen molar-refractivity contribution in [2.45, 2.75) is 19.5 Å². The summed E-state index contributed by atoms with van der Waals surface area (Å²) in [5.74, 6) is -0.0777. The van der Waals surface area contributed by atoms with Crippen LogP contribution in [0.25, 0.3) is 11.0 Å². The maximum absolute atomic E-state index is 13.3. The van der Waals surface area contributed by atoms with Crippen LogP contribution in [0.15, 0.2) is 75.3 Å². The molecule has 1 aliphatic rings. The first kappa shape index (κ1) is 17.0. The Kier molecular flexibility index (Phi) is 3.91. The Bertz CT molecular complexity index is 1240. The van der Waals surface area contributed by atoms with Crippen LogP contribution in [0.4, 0.5) is 0 Å². The number of para-hydroxylation sites is 1. The third kappa shape index (κ3) is 2.59. The number of fused-ring (bicyclic) bond motifs is 2. The fourth-order valence-electron chi connectivity index (χ4n) is 3.76. The van der Waals surface area contributed by atoms with Crippen molar-refractivity contribution in [2.24, 2.45) is 0 Å². The predicted molar refractivity (Wildman–Crippen MR) is 110 cm³/mol. The van der Waals surface area contributed by atoms with Crippen LogP contribution >= 0.6 is 11.3 Å². The van der Waals surface area contributed by atoms with Crippen LogP contribution in [0.5, 0.6) is 0 Å². The average Bonchev–Trinajstić information content (AvgIpc) is 3.32. The van der Waals surface area contributed by atoms with E-state index in [1.807, 2.05) is 54.8 Å². The van der Waals surface area contributed by atoms with Crippen LogP contribution in [-0.4, -0.2) is 10.8 Å². The van der Waals surface area contributed by atoms with Gasteiger partial charge in [0.05, 0.1) is 10.9 Å². The van der Waals surface area contributed by atoms with Gasteiger partial charge < -0.3 is 9.32 Å². The molecule has 2 aromatic heterocycles. The number of amides is 1. The van der Waals surface area contributed by atoms with Gasteiger partial charge in [-0.05, 0) is 36.1 Å². The molecule has 0 N–H and O–H groups in total. The number of rotatable bonds is 3. The van der Waals surface area contributed by atoms with Gasteiger partial charge in [-0.2, -0.15) is 0 Å². The van der Waals surface area contributed by atoms with E-state index in [4.69, 9.17) is 4.42 Å². The van der Waals surface area contributed by atoms with Gasteiger partial charge in [0.2, 0.25) is 5.76 Å². The largest absolute Gasteiger partial charge is 0.450 e. The highest BCUT2D eigenvalue weighted by molar-refractivity contribution is 7.10. The zero-order valence-corrected chi connectivity index (χ0v) is 16.0. The van der Waals surface area contributed by atoms with Crippen molar-refractivity contribution in [3.8, 4) is 0 Å². The maximum atomic E-state index is 13.3. The van der Waals surface area contributed by atoms with Crippen molar-refractivity contribution < 1.29 is 9.21 Å². The number of carbonyl (C=O) groups excluding carboxylic acids is 1. The van der Waals surface area contributed by atoms with E-state index in [9.17, 15) is 9.59 Å². The van der Waals surface area contributed by atoms with Crippen LogP contribution < -0.4 is 5.43 Å². The van der Waals surface area contributed by atoms with Gasteiger partial charge in [0, 0.05) is 11.4 Å². The van der Waals surface area contributed by atoms with Gasteiger partial charge in [0.1, 0.15) is 11.6 Å². The van der Waals surface area contributed by atoms with Crippen LogP contribution in [0.3, 0.4) is 0 Å². The van der Waals surface area contributed by atoms with Crippen molar-refractivity contribution in [1.29, 1.82) is 0 Å². The fraction of sp³-hybridized carbons (Fsp3) is 0.130. The smallest absolute Gasteiger partial charge is 0.291 e. The summed E-state index contributed by atoms with van der Waals surface area (Å²) in [4.78, 5) is 29.2. The molecule has 0 radical (unpaired) electrons. The van der Waals surface area contributed by atoms with Gasteiger partial charge in [-0.15, -0.1) is 11.3 Å². The normalized spacial score (nSPS) is 16.0. The van der Waals surface area contributed by atoms with E-state index in [1.54, 1.807) is 34.4 Å². The van der Waals surface area contributed by atoms with Crippen LogP contribution in [-0.2, 0) is 6.54 Å². The minimum Gasteiger partial charge on any atom is -0.450 e. The van der Waals surface area contributed by atoms with Gasteiger partial charge in [-0.1, -0.05) is 48.0 Å². The number of aryl methyl sites for hydroxylation is 1. The summed E-state index contributed by atoms with van der Waals surface area (Å²) in [5.41, 5.74) is 2.94. The minimum atomic E-state index is -0.426. The van der Waals surface area contributed by atoms with Crippen molar-refractivity contribution in [1.82, 2.24) is 4.90 Å². The SMILES string of the molecule is Cc1ccc(CN2C(=O)c3oc4ccccc4c(=O)c3[C@@H]2c2cccs2)cc1. The molecule has 5 heteroatoms. The molecule has 0 aliphatic carbocycles. The Morgan fingerprint density at radius 1 is 1.00 bits per heavy atom. The molecule has 0 fully saturated rings. The van der Waals surface area contributed by atoms with Crippen molar-refractivity contribution in [2.75, 3.05) is 0 Å². The zero-order chi connectivity index (χ0) is 19.3. The third-order valence-electron chi connectivity index (χ3n) is 5.16. The van der Waals surface area contributed by atoms with Gasteiger partial charge in [-0.3, -0.25) is 9.59 Å². The highest BCUT2D eigenvalue weighted by atomic mass is 32.1. The predicted octanol–water partition coefficient (Wildman–Crippen LogP) is 4.91. The fourth-order valence-corrected chi connectivity index (χ4v) is 4.61. The van der Waals surface area contributed by atoms with Gasteiger partial charge in [0.25, 0.3) is 5.91 Å². The minimum absolute atomic E-state index is 0.130. The first-order valence-corrected chi connectivity index (χ1v) is 9.97. The molecule has 1 atom stereocenters. The lowest BCUT2D eigenvalue weighted by Gasteiger charge is -2.24. The van der Waals surface area contributed by atoms with Gasteiger partial charge in [-0.25, -0.2) is 0 Å². The monoisotopic (exact) mass is 387 g/mol. The number of benzene rings is 2. The number of hydrogen-bond acceptors (Lipinski definition) is 4. The molecule has 2 aromatic carbocycles. The molecule has 0 saturated carbocycles. The summed E-state index contributed by atoms with van der Waals surface area (Å²) in [6.45, 7) is 2.45. The third-order valence-corrected chi connectivity index (χ3v) is 6.08. The average molecular weight is 387 g/mol. The Hall–Kier alpha value is -3.18. The zero-order valence-electron chi connectivity index (χ0n) is 15.2. The standard InChI is InChI=1S/C23H17NO3S/c1-14-8-10-15(11-9-14)13-24-20(18-7-4-12-28-18)19-21(25)16-5-2-3-6-17(16)27-22(19)23(24)26/h2-12,20H,13H2,1H3/t20-/m0/s1. The quantitative estimate of drug-likeness (QED) is 0.502. The second-order valence-electron chi connectivity index (χ2n) is 7.01. The molecule has 138 valence electrons. The maximum Gasteiger partial charge on any atom is 0.291 e. The summed E-state index contributed by atoms with van der Waals surface area (Å²) in [6.07, 6.45) is 0. The Balaban J connectivity index is 1.70. The van der Waals surface area contributed by atoms with E-state index in [0.29, 0.717) is 23.1 Å². The van der Waals surface area contributed by atoms with Crippen molar-refractivity contribution in [3.05, 3.63) is 104 Å². The van der Waals surface area contributed by atoms with Crippen molar-refractivity contribution >= 4 is 28.2 Å².